The number of imidazole rings is 1. The topological polar surface area (TPSA) is 64.0 Å². The fourth-order valence-corrected chi connectivity index (χ4v) is 3.24. The van der Waals surface area contributed by atoms with E-state index in [9.17, 15) is 8.42 Å². The largest absolute Gasteiger partial charge is 0.378 e. The van der Waals surface area contributed by atoms with Crippen molar-refractivity contribution in [3.05, 3.63) is 42.5 Å². The van der Waals surface area contributed by atoms with Crippen LogP contribution in [0.4, 0.5) is 5.69 Å². The Hall–Kier alpha value is -1.82. The predicted octanol–water partition coefficient (Wildman–Crippen LogP) is 2.22. The minimum absolute atomic E-state index is 0.188. The van der Waals surface area contributed by atoms with E-state index in [-0.39, 0.29) is 5.75 Å². The molecule has 1 N–H and O–H groups in total. The summed E-state index contributed by atoms with van der Waals surface area (Å²) in [6.45, 7) is 2.46. The fraction of sp³-hybridized carbons (Fsp3) is 0.357. The van der Waals surface area contributed by atoms with E-state index < -0.39 is 9.84 Å². The van der Waals surface area contributed by atoms with E-state index in [0.717, 1.165) is 11.5 Å². The highest BCUT2D eigenvalue weighted by Crippen LogP contribution is 2.16. The van der Waals surface area contributed by atoms with Gasteiger partial charge in [-0.05, 0) is 30.7 Å². The summed E-state index contributed by atoms with van der Waals surface area (Å²) in [5.74, 6) is 1.11. The second-order valence-corrected chi connectivity index (χ2v) is 6.76. The highest BCUT2D eigenvalue weighted by atomic mass is 32.2. The first-order valence-electron chi connectivity index (χ1n) is 6.56. The Balaban J connectivity index is 2.04. The van der Waals surface area contributed by atoms with Crippen molar-refractivity contribution in [3.8, 4) is 0 Å². The van der Waals surface area contributed by atoms with E-state index in [4.69, 9.17) is 0 Å². The summed E-state index contributed by atoms with van der Waals surface area (Å²) in [6, 6.07) is 6.86. The van der Waals surface area contributed by atoms with Crippen LogP contribution in [0.1, 0.15) is 19.2 Å². The highest BCUT2D eigenvalue weighted by molar-refractivity contribution is 7.91. The maximum Gasteiger partial charge on any atom is 0.178 e. The van der Waals surface area contributed by atoms with E-state index in [2.05, 4.69) is 10.3 Å². The summed E-state index contributed by atoms with van der Waals surface area (Å²) in [4.78, 5) is 4.59. The van der Waals surface area contributed by atoms with Gasteiger partial charge in [0.15, 0.2) is 9.84 Å². The lowest BCUT2D eigenvalue weighted by Gasteiger charge is -2.08. The van der Waals surface area contributed by atoms with E-state index in [0.29, 0.717) is 17.9 Å². The zero-order valence-corrected chi connectivity index (χ0v) is 12.5. The maximum absolute atomic E-state index is 11.9. The second-order valence-electron chi connectivity index (χ2n) is 4.65. The molecule has 0 spiro atoms. The number of benzene rings is 1. The SMILES string of the molecule is CCCS(=O)(=O)c1ccc(NCc2nccn2C)cc1. The molecule has 1 aromatic carbocycles. The van der Waals surface area contributed by atoms with Crippen molar-refractivity contribution in [2.75, 3.05) is 11.1 Å². The van der Waals surface area contributed by atoms with E-state index >= 15 is 0 Å². The molecule has 0 atom stereocenters. The Labute approximate surface area is 119 Å². The van der Waals surface area contributed by atoms with Gasteiger partial charge in [0.2, 0.25) is 0 Å². The Morgan fingerprint density at radius 3 is 2.50 bits per heavy atom. The van der Waals surface area contributed by atoms with Crippen LogP contribution in [0.25, 0.3) is 0 Å². The molecule has 0 saturated carbocycles. The standard InChI is InChI=1S/C14H19N3O2S/c1-3-10-20(18,19)13-6-4-12(5-7-13)16-11-14-15-8-9-17(14)2/h4-9,16H,3,10-11H2,1-2H3. The molecule has 0 aliphatic carbocycles. The van der Waals surface area contributed by atoms with Gasteiger partial charge in [-0.2, -0.15) is 0 Å². The lowest BCUT2D eigenvalue weighted by atomic mass is 10.3. The first-order valence-corrected chi connectivity index (χ1v) is 8.21. The van der Waals surface area contributed by atoms with Gasteiger partial charge in [-0.1, -0.05) is 6.92 Å². The van der Waals surface area contributed by atoms with E-state index in [1.807, 2.05) is 24.7 Å². The average Bonchev–Trinajstić information content (AvgIpc) is 2.82. The Morgan fingerprint density at radius 2 is 1.95 bits per heavy atom. The smallest absolute Gasteiger partial charge is 0.178 e. The van der Waals surface area contributed by atoms with Gasteiger partial charge in [-0.3, -0.25) is 0 Å². The van der Waals surface area contributed by atoms with Gasteiger partial charge >= 0.3 is 0 Å². The molecular weight excluding hydrogens is 274 g/mol. The van der Waals surface area contributed by atoms with Gasteiger partial charge in [0.25, 0.3) is 0 Å². The van der Waals surface area contributed by atoms with Crippen LogP contribution in [0.3, 0.4) is 0 Å². The number of aromatic nitrogens is 2. The third-order valence-corrected chi connectivity index (χ3v) is 4.99. The molecule has 0 radical (unpaired) electrons. The zero-order valence-electron chi connectivity index (χ0n) is 11.7. The average molecular weight is 293 g/mol. The van der Waals surface area contributed by atoms with E-state index in [1.165, 1.54) is 0 Å². The molecule has 108 valence electrons. The summed E-state index contributed by atoms with van der Waals surface area (Å²) in [5, 5.41) is 3.22. The van der Waals surface area contributed by atoms with Crippen molar-refractivity contribution in [1.29, 1.82) is 0 Å². The molecular formula is C14H19N3O2S. The number of anilines is 1. The summed E-state index contributed by atoms with van der Waals surface area (Å²) < 4.78 is 25.7. The number of rotatable bonds is 6. The molecule has 6 heteroatoms. The molecule has 0 fully saturated rings. The van der Waals surface area contributed by atoms with Crippen molar-refractivity contribution in [2.45, 2.75) is 24.8 Å². The number of nitrogens with zero attached hydrogens (tertiary/aromatic N) is 2. The summed E-state index contributed by atoms with van der Waals surface area (Å²) >= 11 is 0. The molecule has 2 rings (SSSR count). The molecule has 5 nitrogen and oxygen atoms in total. The van der Waals surface area contributed by atoms with Crippen molar-refractivity contribution < 1.29 is 8.42 Å². The Kier molecular flexibility index (Phi) is 4.44. The lowest BCUT2D eigenvalue weighted by Crippen LogP contribution is -2.07. The maximum atomic E-state index is 11.9. The van der Waals surface area contributed by atoms with Crippen LogP contribution in [0.5, 0.6) is 0 Å². The van der Waals surface area contributed by atoms with Crippen molar-refractivity contribution in [2.24, 2.45) is 7.05 Å². The number of aryl methyl sites for hydroxylation is 1. The van der Waals surface area contributed by atoms with Crippen molar-refractivity contribution in [1.82, 2.24) is 9.55 Å². The molecule has 2 aromatic rings. The van der Waals surface area contributed by atoms with Crippen LogP contribution >= 0.6 is 0 Å². The molecule has 0 saturated heterocycles. The lowest BCUT2D eigenvalue weighted by molar-refractivity contribution is 0.595. The van der Waals surface area contributed by atoms with E-state index in [1.54, 1.807) is 30.5 Å². The zero-order chi connectivity index (χ0) is 14.6. The van der Waals surface area contributed by atoms with Crippen LogP contribution in [0.15, 0.2) is 41.6 Å². The molecule has 1 heterocycles. The number of nitrogens with one attached hydrogen (secondary N) is 1. The summed E-state index contributed by atoms with van der Waals surface area (Å²) in [6.07, 6.45) is 4.26. The monoisotopic (exact) mass is 293 g/mol. The van der Waals surface area contributed by atoms with Gasteiger partial charge in [0.1, 0.15) is 5.82 Å². The molecule has 0 bridgehead atoms. The van der Waals surface area contributed by atoms with Gasteiger partial charge in [-0.15, -0.1) is 0 Å². The minimum atomic E-state index is -3.14. The summed E-state index contributed by atoms with van der Waals surface area (Å²) in [5.41, 5.74) is 0.878. The fourth-order valence-electron chi connectivity index (χ4n) is 1.91. The van der Waals surface area contributed by atoms with Crippen LogP contribution in [0, 0.1) is 0 Å². The number of hydrogen-bond donors (Lipinski definition) is 1. The summed E-state index contributed by atoms with van der Waals surface area (Å²) in [7, 11) is -1.20. The molecule has 1 aromatic heterocycles. The van der Waals surface area contributed by atoms with Crippen LogP contribution in [0.2, 0.25) is 0 Å². The molecule has 0 aliphatic rings. The van der Waals surface area contributed by atoms with Crippen molar-refractivity contribution in [3.63, 3.8) is 0 Å². The van der Waals surface area contributed by atoms with Gasteiger partial charge in [0.05, 0.1) is 17.2 Å². The number of hydrogen-bond acceptors (Lipinski definition) is 4. The highest BCUT2D eigenvalue weighted by Gasteiger charge is 2.12. The Bertz CT molecular complexity index is 660. The van der Waals surface area contributed by atoms with Gasteiger partial charge in [-0.25, -0.2) is 13.4 Å². The molecule has 20 heavy (non-hydrogen) atoms. The molecule has 0 unspecified atom stereocenters. The number of sulfone groups is 1. The van der Waals surface area contributed by atoms with Crippen LogP contribution < -0.4 is 5.32 Å². The predicted molar refractivity (Wildman–Crippen MR) is 79.3 cm³/mol. The van der Waals surface area contributed by atoms with Crippen molar-refractivity contribution >= 4 is 15.5 Å². The Morgan fingerprint density at radius 1 is 1.25 bits per heavy atom. The first-order chi connectivity index (χ1) is 9.53. The normalized spacial score (nSPS) is 11.5. The van der Waals surface area contributed by atoms with Crippen LogP contribution in [-0.4, -0.2) is 23.7 Å². The first kappa shape index (κ1) is 14.6. The minimum Gasteiger partial charge on any atom is -0.378 e. The molecule has 0 amide bonds. The van der Waals surface area contributed by atoms with Gasteiger partial charge in [0, 0.05) is 25.1 Å². The second kappa shape index (κ2) is 6.09. The van der Waals surface area contributed by atoms with Gasteiger partial charge < -0.3 is 9.88 Å². The molecule has 0 aliphatic heterocycles. The quantitative estimate of drug-likeness (QED) is 0.887. The third kappa shape index (κ3) is 3.39. The third-order valence-electron chi connectivity index (χ3n) is 3.06. The van der Waals surface area contributed by atoms with Crippen LogP contribution in [-0.2, 0) is 23.4 Å².